The lowest BCUT2D eigenvalue weighted by molar-refractivity contribution is 0.104. The van der Waals surface area contributed by atoms with Crippen LogP contribution in [-0.2, 0) is 0 Å². The minimum Gasteiger partial charge on any atom is -0.329 e. The predicted octanol–water partition coefficient (Wildman–Crippen LogP) is 1.94. The van der Waals surface area contributed by atoms with Crippen molar-refractivity contribution in [3.05, 3.63) is 34.9 Å². The molecule has 0 bridgehead atoms. The number of piperazine rings is 1. The van der Waals surface area contributed by atoms with Crippen LogP contribution in [0.1, 0.15) is 29.7 Å². The molecule has 0 radical (unpaired) electrons. The second kappa shape index (κ2) is 6.51. The number of benzene rings is 1. The van der Waals surface area contributed by atoms with Gasteiger partial charge in [-0.05, 0) is 31.9 Å². The van der Waals surface area contributed by atoms with E-state index in [0.717, 1.165) is 39.3 Å². The predicted molar refractivity (Wildman–Crippen MR) is 81.4 cm³/mol. The first kappa shape index (κ1) is 14.5. The molecule has 3 nitrogen and oxygen atoms in total. The SMILES string of the molecule is Cc1ccc(C(C)N2CCN(CCN)CC2)c(C)c1. The van der Waals surface area contributed by atoms with Crippen LogP contribution in [-0.4, -0.2) is 49.1 Å². The van der Waals surface area contributed by atoms with Crippen LogP contribution < -0.4 is 5.73 Å². The van der Waals surface area contributed by atoms with Crippen LogP contribution in [0, 0.1) is 13.8 Å². The second-order valence-electron chi connectivity index (χ2n) is 5.70. The first-order valence-corrected chi connectivity index (χ1v) is 7.35. The molecule has 0 saturated carbocycles. The molecule has 1 fully saturated rings. The standard InChI is InChI=1S/C16H27N3/c1-13-4-5-16(14(2)12-13)15(3)19-10-8-18(7-6-17)9-11-19/h4-5,12,15H,6-11,17H2,1-3H3. The first-order chi connectivity index (χ1) is 9.11. The highest BCUT2D eigenvalue weighted by molar-refractivity contribution is 5.32. The molecular formula is C16H27N3. The zero-order chi connectivity index (χ0) is 13.8. The van der Waals surface area contributed by atoms with Gasteiger partial charge in [0.2, 0.25) is 0 Å². The van der Waals surface area contributed by atoms with Gasteiger partial charge in [-0.25, -0.2) is 0 Å². The van der Waals surface area contributed by atoms with Crippen LogP contribution in [0.2, 0.25) is 0 Å². The summed E-state index contributed by atoms with van der Waals surface area (Å²) >= 11 is 0. The van der Waals surface area contributed by atoms with Crippen molar-refractivity contribution in [1.82, 2.24) is 9.80 Å². The van der Waals surface area contributed by atoms with Crippen molar-refractivity contribution in [3.8, 4) is 0 Å². The van der Waals surface area contributed by atoms with Crippen LogP contribution in [0.4, 0.5) is 0 Å². The molecule has 3 heteroatoms. The highest BCUT2D eigenvalue weighted by Gasteiger charge is 2.22. The molecule has 1 atom stereocenters. The fraction of sp³-hybridized carbons (Fsp3) is 0.625. The Morgan fingerprint density at radius 3 is 2.42 bits per heavy atom. The van der Waals surface area contributed by atoms with E-state index in [1.54, 1.807) is 0 Å². The quantitative estimate of drug-likeness (QED) is 0.899. The Morgan fingerprint density at radius 1 is 1.16 bits per heavy atom. The summed E-state index contributed by atoms with van der Waals surface area (Å²) in [5, 5.41) is 0. The number of aryl methyl sites for hydroxylation is 2. The van der Waals surface area contributed by atoms with Gasteiger partial charge in [-0.1, -0.05) is 23.8 Å². The summed E-state index contributed by atoms with van der Waals surface area (Å²) in [6, 6.07) is 7.32. The van der Waals surface area contributed by atoms with Gasteiger partial charge >= 0.3 is 0 Å². The Labute approximate surface area is 117 Å². The second-order valence-corrected chi connectivity index (χ2v) is 5.70. The third kappa shape index (κ3) is 3.56. The number of rotatable bonds is 4. The van der Waals surface area contributed by atoms with Gasteiger partial charge in [0, 0.05) is 45.3 Å². The summed E-state index contributed by atoms with van der Waals surface area (Å²) in [5.41, 5.74) is 9.86. The minimum atomic E-state index is 0.514. The highest BCUT2D eigenvalue weighted by Crippen LogP contribution is 2.25. The Hall–Kier alpha value is -0.900. The summed E-state index contributed by atoms with van der Waals surface area (Å²) in [5.74, 6) is 0. The number of hydrogen-bond donors (Lipinski definition) is 1. The van der Waals surface area contributed by atoms with Gasteiger partial charge < -0.3 is 5.73 Å². The smallest absolute Gasteiger partial charge is 0.0323 e. The Balaban J connectivity index is 1.99. The van der Waals surface area contributed by atoms with Crippen LogP contribution in [0.5, 0.6) is 0 Å². The molecule has 0 amide bonds. The molecule has 1 heterocycles. The Morgan fingerprint density at radius 2 is 1.84 bits per heavy atom. The van der Waals surface area contributed by atoms with Crippen molar-refractivity contribution >= 4 is 0 Å². The van der Waals surface area contributed by atoms with E-state index in [1.165, 1.54) is 16.7 Å². The maximum atomic E-state index is 5.62. The Kier molecular flexibility index (Phi) is 4.97. The largest absolute Gasteiger partial charge is 0.329 e. The van der Waals surface area contributed by atoms with Gasteiger partial charge in [-0.15, -0.1) is 0 Å². The molecule has 0 aliphatic carbocycles. The third-order valence-electron chi connectivity index (χ3n) is 4.28. The van der Waals surface area contributed by atoms with Crippen molar-refractivity contribution in [2.45, 2.75) is 26.8 Å². The number of hydrogen-bond acceptors (Lipinski definition) is 3. The van der Waals surface area contributed by atoms with E-state index in [4.69, 9.17) is 5.73 Å². The molecular weight excluding hydrogens is 234 g/mol. The van der Waals surface area contributed by atoms with Crippen molar-refractivity contribution in [2.75, 3.05) is 39.3 Å². The van der Waals surface area contributed by atoms with Gasteiger partial charge in [-0.3, -0.25) is 9.80 Å². The number of nitrogens with two attached hydrogens (primary N) is 1. The Bertz CT molecular complexity index is 408. The summed E-state index contributed by atoms with van der Waals surface area (Å²) < 4.78 is 0. The highest BCUT2D eigenvalue weighted by atomic mass is 15.3. The lowest BCUT2D eigenvalue weighted by Crippen LogP contribution is -2.48. The van der Waals surface area contributed by atoms with Gasteiger partial charge in [-0.2, -0.15) is 0 Å². The van der Waals surface area contributed by atoms with Crippen LogP contribution >= 0.6 is 0 Å². The fourth-order valence-electron chi connectivity index (χ4n) is 3.05. The average Bonchev–Trinajstić information content (AvgIpc) is 2.39. The van der Waals surface area contributed by atoms with E-state index in [2.05, 4.69) is 48.8 Å². The van der Waals surface area contributed by atoms with Crippen LogP contribution in [0.3, 0.4) is 0 Å². The molecule has 0 aromatic heterocycles. The molecule has 2 rings (SSSR count). The zero-order valence-electron chi connectivity index (χ0n) is 12.5. The third-order valence-corrected chi connectivity index (χ3v) is 4.28. The van der Waals surface area contributed by atoms with Gasteiger partial charge in [0.05, 0.1) is 0 Å². The van der Waals surface area contributed by atoms with Crippen molar-refractivity contribution in [3.63, 3.8) is 0 Å². The van der Waals surface area contributed by atoms with Crippen molar-refractivity contribution in [2.24, 2.45) is 5.73 Å². The molecule has 19 heavy (non-hydrogen) atoms. The topological polar surface area (TPSA) is 32.5 Å². The van der Waals surface area contributed by atoms with E-state index in [1.807, 2.05) is 0 Å². The van der Waals surface area contributed by atoms with Gasteiger partial charge in [0.25, 0.3) is 0 Å². The monoisotopic (exact) mass is 261 g/mol. The average molecular weight is 261 g/mol. The normalized spacial score (nSPS) is 19.6. The minimum absolute atomic E-state index is 0.514. The van der Waals surface area contributed by atoms with E-state index in [0.29, 0.717) is 6.04 Å². The first-order valence-electron chi connectivity index (χ1n) is 7.35. The fourth-order valence-corrected chi connectivity index (χ4v) is 3.05. The molecule has 1 saturated heterocycles. The lowest BCUT2D eigenvalue weighted by Gasteiger charge is -2.38. The molecule has 1 aromatic rings. The molecule has 0 spiro atoms. The summed E-state index contributed by atoms with van der Waals surface area (Å²) in [7, 11) is 0. The zero-order valence-corrected chi connectivity index (χ0v) is 12.5. The molecule has 2 N–H and O–H groups in total. The van der Waals surface area contributed by atoms with E-state index < -0.39 is 0 Å². The van der Waals surface area contributed by atoms with Gasteiger partial charge in [0.1, 0.15) is 0 Å². The lowest BCUT2D eigenvalue weighted by atomic mass is 9.99. The number of nitrogens with zero attached hydrogens (tertiary/aromatic N) is 2. The molecule has 1 aliphatic rings. The molecule has 1 aliphatic heterocycles. The molecule has 1 aromatic carbocycles. The van der Waals surface area contributed by atoms with E-state index in [-0.39, 0.29) is 0 Å². The summed E-state index contributed by atoms with van der Waals surface area (Å²) in [6.45, 7) is 13.1. The van der Waals surface area contributed by atoms with E-state index >= 15 is 0 Å². The summed E-state index contributed by atoms with van der Waals surface area (Å²) in [6.07, 6.45) is 0. The maximum Gasteiger partial charge on any atom is 0.0323 e. The van der Waals surface area contributed by atoms with Crippen LogP contribution in [0.15, 0.2) is 18.2 Å². The van der Waals surface area contributed by atoms with Crippen molar-refractivity contribution < 1.29 is 0 Å². The van der Waals surface area contributed by atoms with Gasteiger partial charge in [0.15, 0.2) is 0 Å². The molecule has 1 unspecified atom stereocenters. The summed E-state index contributed by atoms with van der Waals surface area (Å²) in [4.78, 5) is 5.05. The van der Waals surface area contributed by atoms with Crippen molar-refractivity contribution in [1.29, 1.82) is 0 Å². The molecule has 106 valence electrons. The van der Waals surface area contributed by atoms with Crippen LogP contribution in [0.25, 0.3) is 0 Å². The van der Waals surface area contributed by atoms with E-state index in [9.17, 15) is 0 Å². The maximum absolute atomic E-state index is 5.62.